The number of nitrogens with zero attached hydrogens (tertiary/aromatic N) is 5. The molecule has 5 heteroatoms. The van der Waals surface area contributed by atoms with Gasteiger partial charge >= 0.3 is 0 Å². The highest BCUT2D eigenvalue weighted by Crippen LogP contribution is 2.31. The van der Waals surface area contributed by atoms with E-state index in [1.54, 1.807) is 6.20 Å². The average Bonchev–Trinajstić information content (AvgIpc) is 3.49. The third kappa shape index (κ3) is 4.27. The molecule has 0 aromatic carbocycles. The first kappa shape index (κ1) is 23.1. The Bertz CT molecular complexity index is 1760. The van der Waals surface area contributed by atoms with Crippen LogP contribution in [0, 0.1) is 0 Å². The Morgan fingerprint density at radius 2 is 1.11 bits per heavy atom. The minimum Gasteiger partial charge on any atom is -0.255 e. The normalized spacial score (nSPS) is 11.7. The Balaban J connectivity index is 1.28. The van der Waals surface area contributed by atoms with Crippen LogP contribution in [0.25, 0.3) is 70.2 Å². The maximum absolute atomic E-state index is 4.62. The number of hydrogen-bond acceptors (Lipinski definition) is 5. The molecule has 0 radical (unpaired) electrons. The topological polar surface area (TPSA) is 64.5 Å². The number of aromatic nitrogens is 5. The van der Waals surface area contributed by atoms with Gasteiger partial charge < -0.3 is 0 Å². The van der Waals surface area contributed by atoms with E-state index in [1.165, 1.54) is 0 Å². The first-order valence-electron chi connectivity index (χ1n) is 12.2. The molecular formula is C33H23N5. The average molecular weight is 490 g/mol. The molecule has 0 atom stereocenters. The second-order valence-electron chi connectivity index (χ2n) is 8.77. The molecule has 0 bridgehead atoms. The minimum atomic E-state index is 0.734. The van der Waals surface area contributed by atoms with Crippen LogP contribution in [0.4, 0.5) is 0 Å². The van der Waals surface area contributed by atoms with Gasteiger partial charge in [-0.2, -0.15) is 0 Å². The van der Waals surface area contributed by atoms with Crippen molar-refractivity contribution in [3.05, 3.63) is 126 Å². The van der Waals surface area contributed by atoms with Gasteiger partial charge in [-0.05, 0) is 24.3 Å². The van der Waals surface area contributed by atoms with E-state index in [-0.39, 0.29) is 0 Å². The molecule has 0 spiro atoms. The predicted molar refractivity (Wildman–Crippen MR) is 156 cm³/mol. The highest BCUT2D eigenvalue weighted by Gasteiger charge is 2.14. The summed E-state index contributed by atoms with van der Waals surface area (Å²) in [6, 6.07) is 20.2. The summed E-state index contributed by atoms with van der Waals surface area (Å²) in [6.45, 7) is 7.82. The summed E-state index contributed by atoms with van der Waals surface area (Å²) in [4.78, 5) is 13.8. The third-order valence-electron chi connectivity index (χ3n) is 6.51. The smallest absolute Gasteiger partial charge is 0.113 e. The van der Waals surface area contributed by atoms with Gasteiger partial charge in [0.15, 0.2) is 0 Å². The van der Waals surface area contributed by atoms with Crippen LogP contribution in [0.2, 0.25) is 0 Å². The molecule has 0 aromatic heterocycles. The van der Waals surface area contributed by atoms with Gasteiger partial charge in [-0.15, -0.1) is 10.2 Å². The molecule has 0 N–H and O–H groups in total. The number of hydrogen-bond donors (Lipinski definition) is 0. The fourth-order valence-electron chi connectivity index (χ4n) is 4.53. The monoisotopic (exact) mass is 489 g/mol. The second-order valence-corrected chi connectivity index (χ2v) is 8.77. The molecule has 6 rings (SSSR count). The molecular weight excluding hydrogens is 466 g/mol. The molecule has 38 heavy (non-hydrogen) atoms. The maximum Gasteiger partial charge on any atom is 0.113 e. The summed E-state index contributed by atoms with van der Waals surface area (Å²) in [7, 11) is 0. The van der Waals surface area contributed by atoms with Crippen molar-refractivity contribution in [1.29, 1.82) is 0 Å². The van der Waals surface area contributed by atoms with E-state index in [2.05, 4.69) is 50.4 Å². The van der Waals surface area contributed by atoms with E-state index in [0.29, 0.717) is 0 Å². The Kier molecular flexibility index (Phi) is 6.08. The zero-order valence-corrected chi connectivity index (χ0v) is 20.6. The molecule has 4 aliphatic heterocycles. The Hall–Kier alpha value is -5.29. The van der Waals surface area contributed by atoms with Crippen LogP contribution < -0.4 is 0 Å². The van der Waals surface area contributed by atoms with Gasteiger partial charge in [-0.1, -0.05) is 86.0 Å². The van der Waals surface area contributed by atoms with Crippen molar-refractivity contribution >= 4 is 36.5 Å². The van der Waals surface area contributed by atoms with Gasteiger partial charge in [0.25, 0.3) is 0 Å². The summed E-state index contributed by atoms with van der Waals surface area (Å²) in [5, 5.41) is 8.71. The van der Waals surface area contributed by atoms with E-state index in [1.807, 2.05) is 97.4 Å². The highest BCUT2D eigenvalue weighted by molar-refractivity contribution is 5.86. The Morgan fingerprint density at radius 1 is 0.500 bits per heavy atom. The van der Waals surface area contributed by atoms with Crippen molar-refractivity contribution in [2.24, 2.45) is 0 Å². The zero-order valence-electron chi connectivity index (χ0n) is 20.6. The van der Waals surface area contributed by atoms with Crippen molar-refractivity contribution in [3.8, 4) is 33.8 Å². The van der Waals surface area contributed by atoms with Gasteiger partial charge in [0.1, 0.15) is 5.69 Å². The fourth-order valence-corrected chi connectivity index (χ4v) is 4.53. The van der Waals surface area contributed by atoms with Gasteiger partial charge in [0, 0.05) is 51.3 Å². The zero-order chi connectivity index (χ0) is 25.9. The maximum atomic E-state index is 4.62. The molecule has 0 unspecified atom stereocenters. The van der Waals surface area contributed by atoms with E-state index in [0.717, 1.165) is 67.4 Å². The molecule has 4 heterocycles. The highest BCUT2D eigenvalue weighted by atomic mass is 15.1. The van der Waals surface area contributed by atoms with Crippen LogP contribution in [0.3, 0.4) is 0 Å². The van der Waals surface area contributed by atoms with Crippen LogP contribution in [0.1, 0.15) is 33.6 Å². The van der Waals surface area contributed by atoms with Crippen LogP contribution >= 0.6 is 0 Å². The van der Waals surface area contributed by atoms with Crippen LogP contribution in [-0.2, 0) is 0 Å². The lowest BCUT2D eigenvalue weighted by Crippen LogP contribution is -1.78. The predicted octanol–water partition coefficient (Wildman–Crippen LogP) is 7.60. The molecule has 2 aliphatic carbocycles. The van der Waals surface area contributed by atoms with Gasteiger partial charge in [0.05, 0.1) is 29.0 Å². The molecule has 0 aromatic rings. The van der Waals surface area contributed by atoms with Crippen molar-refractivity contribution in [2.45, 2.75) is 0 Å². The molecule has 0 saturated heterocycles. The summed E-state index contributed by atoms with van der Waals surface area (Å²) < 4.78 is 0. The largest absolute Gasteiger partial charge is 0.255 e. The SMILES string of the molecule is C=Cc1ccccc2c(/C=C/c3ccc4c(/C=C/c5cnc6c(C=C)ccccc5-6)nnc-4cn3)cnc1-2. The summed E-state index contributed by atoms with van der Waals surface area (Å²) >= 11 is 0. The van der Waals surface area contributed by atoms with E-state index in [9.17, 15) is 0 Å². The molecule has 0 amide bonds. The number of rotatable bonds is 6. The van der Waals surface area contributed by atoms with Gasteiger partial charge in [0.2, 0.25) is 0 Å². The van der Waals surface area contributed by atoms with Crippen molar-refractivity contribution in [2.75, 3.05) is 0 Å². The summed E-state index contributed by atoms with van der Waals surface area (Å²) in [5.74, 6) is 0. The van der Waals surface area contributed by atoms with Gasteiger partial charge in [-0.25, -0.2) is 0 Å². The van der Waals surface area contributed by atoms with Crippen LogP contribution in [0.15, 0.2) is 92.4 Å². The Labute approximate surface area is 221 Å². The third-order valence-corrected chi connectivity index (χ3v) is 6.51. The lowest BCUT2D eigenvalue weighted by atomic mass is 10.1. The summed E-state index contributed by atoms with van der Waals surface area (Å²) in [5.41, 5.74) is 11.3. The van der Waals surface area contributed by atoms with E-state index >= 15 is 0 Å². The minimum absolute atomic E-state index is 0.734. The number of fused-ring (bicyclic) bond motifs is 3. The van der Waals surface area contributed by atoms with Gasteiger partial charge in [-0.3, -0.25) is 15.0 Å². The van der Waals surface area contributed by atoms with E-state index < -0.39 is 0 Å². The van der Waals surface area contributed by atoms with Crippen LogP contribution in [0.5, 0.6) is 0 Å². The van der Waals surface area contributed by atoms with Crippen molar-refractivity contribution in [1.82, 2.24) is 25.1 Å². The van der Waals surface area contributed by atoms with Crippen molar-refractivity contribution < 1.29 is 0 Å². The molecule has 0 fully saturated rings. The quantitative estimate of drug-likeness (QED) is 0.241. The lowest BCUT2D eigenvalue weighted by Gasteiger charge is -1.97. The summed E-state index contributed by atoms with van der Waals surface area (Å²) in [6.07, 6.45) is 17.2. The van der Waals surface area contributed by atoms with Crippen LogP contribution in [-0.4, -0.2) is 25.1 Å². The standard InChI is InChI=1S/C33H23N5/c1-3-22-9-5-7-11-27-24(19-35-32(22)27)13-15-26-16-17-29-30(37-38-31(29)21-34-26)18-14-25-20-36-33-23(4-2)10-6-8-12-28(25)33/h3-21H,1-2H2/b15-13+,18-14+. The first-order valence-corrected chi connectivity index (χ1v) is 12.2. The second kappa shape index (κ2) is 9.99. The van der Waals surface area contributed by atoms with E-state index in [4.69, 9.17) is 0 Å². The van der Waals surface area contributed by atoms with Crippen molar-refractivity contribution in [3.63, 3.8) is 0 Å². The molecule has 0 saturated carbocycles. The Morgan fingerprint density at radius 3 is 1.74 bits per heavy atom. The molecule has 5 nitrogen and oxygen atoms in total. The molecule has 6 aliphatic rings. The fraction of sp³-hybridized carbons (Fsp3) is 0. The first-order chi connectivity index (χ1) is 18.7. The molecule has 180 valence electrons. The lowest BCUT2D eigenvalue weighted by molar-refractivity contribution is 1.08.